The number of hydrogen-bond donors (Lipinski definition) is 3. The molecule has 7 rings (SSSR count). The highest BCUT2D eigenvalue weighted by molar-refractivity contribution is 5.50. The zero-order valence-corrected chi connectivity index (χ0v) is 30.7. The number of aryl methyl sites for hydroxylation is 1. The molecule has 2 aromatic heterocycles. The van der Waals surface area contributed by atoms with E-state index in [9.17, 15) is 24.3 Å². The van der Waals surface area contributed by atoms with Crippen LogP contribution in [0.1, 0.15) is 46.0 Å². The molecule has 3 N–H and O–H groups in total. The molecular formula is C43H38N4O9. The van der Waals surface area contributed by atoms with Crippen LogP contribution in [0.25, 0.3) is 5.69 Å². The normalized spacial score (nSPS) is 16.5. The van der Waals surface area contributed by atoms with E-state index < -0.39 is 46.5 Å². The van der Waals surface area contributed by atoms with Crippen LogP contribution in [0, 0.1) is 18.8 Å². The monoisotopic (exact) mass is 754 g/mol. The second kappa shape index (κ2) is 15.9. The molecule has 0 radical (unpaired) electrons. The highest BCUT2D eigenvalue weighted by atomic mass is 16.6. The second-order valence-corrected chi connectivity index (χ2v) is 13.2. The molecule has 284 valence electrons. The third kappa shape index (κ3) is 7.49. The first-order valence-electron chi connectivity index (χ1n) is 17.7. The molecule has 0 saturated carbocycles. The molecule has 13 heteroatoms. The number of H-pyrrole nitrogens is 2. The van der Waals surface area contributed by atoms with Gasteiger partial charge in [-0.05, 0) is 66.1 Å². The summed E-state index contributed by atoms with van der Waals surface area (Å²) >= 11 is 0. The first-order chi connectivity index (χ1) is 27.1. The Labute approximate surface area is 320 Å². The van der Waals surface area contributed by atoms with Gasteiger partial charge in [-0.15, -0.1) is 0 Å². The Morgan fingerprint density at radius 1 is 0.768 bits per heavy atom. The summed E-state index contributed by atoms with van der Waals surface area (Å²) in [6.07, 6.45) is -0.0758. The number of benzene rings is 4. The van der Waals surface area contributed by atoms with Crippen molar-refractivity contribution in [2.45, 2.75) is 37.4 Å². The smallest absolute Gasteiger partial charge is 0.332 e. The van der Waals surface area contributed by atoms with E-state index in [4.69, 9.17) is 18.9 Å². The van der Waals surface area contributed by atoms with E-state index in [1.54, 1.807) is 45.4 Å². The SMILES string of the molecule is COc1ccc(C(OC[C@H]2O[C@@H](n3cc(C#Cc4cccc(-n5cc(C)c(=O)[nH]c5=O)c4)c(=O)[nH]c3=O)C[C@@H]2O)(c2ccccc2)c2ccc(OC)cc2)cc1. The van der Waals surface area contributed by atoms with Gasteiger partial charge in [-0.2, -0.15) is 0 Å². The average Bonchev–Trinajstić information content (AvgIpc) is 3.59. The highest BCUT2D eigenvalue weighted by Crippen LogP contribution is 2.42. The first kappa shape index (κ1) is 37.6. The Balaban J connectivity index is 1.17. The molecule has 6 aromatic rings. The topological polar surface area (TPSA) is 167 Å². The number of methoxy groups -OCH3 is 2. The van der Waals surface area contributed by atoms with Crippen molar-refractivity contribution in [3.05, 3.63) is 191 Å². The molecule has 1 fully saturated rings. The van der Waals surface area contributed by atoms with E-state index in [0.29, 0.717) is 28.3 Å². The third-order valence-electron chi connectivity index (χ3n) is 9.71. The van der Waals surface area contributed by atoms with Crippen molar-refractivity contribution in [1.29, 1.82) is 0 Å². The lowest BCUT2D eigenvalue weighted by Crippen LogP contribution is -2.38. The predicted molar refractivity (Wildman–Crippen MR) is 207 cm³/mol. The molecule has 0 spiro atoms. The highest BCUT2D eigenvalue weighted by Gasteiger charge is 2.42. The van der Waals surface area contributed by atoms with Crippen LogP contribution in [-0.2, 0) is 15.1 Å². The number of hydrogen-bond acceptors (Lipinski definition) is 9. The summed E-state index contributed by atoms with van der Waals surface area (Å²) in [6, 6.07) is 31.5. The zero-order chi connectivity index (χ0) is 39.4. The van der Waals surface area contributed by atoms with Gasteiger partial charge in [0.05, 0.1) is 32.6 Å². The Kier molecular flexibility index (Phi) is 10.7. The molecule has 4 aromatic carbocycles. The zero-order valence-electron chi connectivity index (χ0n) is 30.7. The van der Waals surface area contributed by atoms with E-state index in [1.165, 1.54) is 21.5 Å². The fourth-order valence-corrected chi connectivity index (χ4v) is 6.74. The number of ether oxygens (including phenoxy) is 4. The van der Waals surface area contributed by atoms with Crippen molar-refractivity contribution in [3.8, 4) is 29.0 Å². The van der Waals surface area contributed by atoms with Crippen molar-refractivity contribution in [2.24, 2.45) is 0 Å². The minimum atomic E-state index is -1.17. The van der Waals surface area contributed by atoms with Crippen LogP contribution in [0.5, 0.6) is 11.5 Å². The summed E-state index contributed by atoms with van der Waals surface area (Å²) in [6.45, 7) is 1.51. The maximum atomic E-state index is 13.1. The minimum Gasteiger partial charge on any atom is -0.497 e. The number of rotatable bonds is 10. The van der Waals surface area contributed by atoms with Crippen molar-refractivity contribution in [3.63, 3.8) is 0 Å². The summed E-state index contributed by atoms with van der Waals surface area (Å²) in [4.78, 5) is 54.9. The number of aromatic nitrogens is 4. The molecule has 0 amide bonds. The Bertz CT molecular complexity index is 2610. The largest absolute Gasteiger partial charge is 0.497 e. The van der Waals surface area contributed by atoms with Gasteiger partial charge in [-0.3, -0.25) is 28.7 Å². The number of nitrogens with zero attached hydrogens (tertiary/aromatic N) is 2. The maximum absolute atomic E-state index is 13.1. The van der Waals surface area contributed by atoms with E-state index in [1.807, 2.05) is 78.9 Å². The molecule has 0 aliphatic carbocycles. The second-order valence-electron chi connectivity index (χ2n) is 13.2. The van der Waals surface area contributed by atoms with Gasteiger partial charge in [-0.25, -0.2) is 9.59 Å². The van der Waals surface area contributed by atoms with Gasteiger partial charge >= 0.3 is 11.4 Å². The number of aliphatic hydroxyl groups is 1. The fourth-order valence-electron chi connectivity index (χ4n) is 6.74. The van der Waals surface area contributed by atoms with Gasteiger partial charge in [0.1, 0.15) is 35.0 Å². The van der Waals surface area contributed by atoms with Gasteiger partial charge in [0, 0.05) is 29.9 Å². The van der Waals surface area contributed by atoms with Crippen molar-refractivity contribution >= 4 is 0 Å². The third-order valence-corrected chi connectivity index (χ3v) is 9.71. The lowest BCUT2D eigenvalue weighted by atomic mass is 9.80. The van der Waals surface area contributed by atoms with Crippen LogP contribution < -0.4 is 32.0 Å². The fraction of sp³-hybridized carbons (Fsp3) is 0.209. The van der Waals surface area contributed by atoms with E-state index in [-0.39, 0.29) is 18.6 Å². The van der Waals surface area contributed by atoms with E-state index >= 15 is 0 Å². The number of aromatic amines is 2. The molecule has 0 bridgehead atoms. The van der Waals surface area contributed by atoms with E-state index in [0.717, 1.165) is 16.7 Å². The first-order valence-corrected chi connectivity index (χ1v) is 17.7. The van der Waals surface area contributed by atoms with Crippen LogP contribution in [0.2, 0.25) is 0 Å². The molecule has 3 atom stereocenters. The van der Waals surface area contributed by atoms with Crippen LogP contribution in [0.4, 0.5) is 0 Å². The Morgan fingerprint density at radius 3 is 2.04 bits per heavy atom. The molecule has 1 saturated heterocycles. The Hall–Kier alpha value is -6.72. The van der Waals surface area contributed by atoms with E-state index in [2.05, 4.69) is 21.8 Å². The molecule has 1 aliphatic rings. The van der Waals surface area contributed by atoms with Gasteiger partial charge in [0.15, 0.2) is 0 Å². The van der Waals surface area contributed by atoms with Gasteiger partial charge < -0.3 is 24.1 Å². The minimum absolute atomic E-state index is 0.0213. The number of nitrogens with one attached hydrogen (secondary N) is 2. The molecule has 13 nitrogen and oxygen atoms in total. The quantitative estimate of drug-likeness (QED) is 0.140. The summed E-state index contributed by atoms with van der Waals surface area (Å²) in [5.41, 5.74) is -0.00822. The molecule has 1 aliphatic heterocycles. The lowest BCUT2D eigenvalue weighted by molar-refractivity contribution is -0.0944. The maximum Gasteiger partial charge on any atom is 0.332 e. The molecule has 0 unspecified atom stereocenters. The predicted octanol–water partition coefficient (Wildman–Crippen LogP) is 3.76. The van der Waals surface area contributed by atoms with Gasteiger partial charge in [0.25, 0.3) is 11.1 Å². The van der Waals surface area contributed by atoms with Gasteiger partial charge in [-0.1, -0.05) is 72.5 Å². The number of aliphatic hydroxyl groups excluding tert-OH is 1. The van der Waals surface area contributed by atoms with Crippen molar-refractivity contribution in [2.75, 3.05) is 20.8 Å². The van der Waals surface area contributed by atoms with Crippen molar-refractivity contribution < 1.29 is 24.1 Å². The average molecular weight is 755 g/mol. The summed E-state index contributed by atoms with van der Waals surface area (Å²) in [5.74, 6) is 7.07. The summed E-state index contributed by atoms with van der Waals surface area (Å²) in [7, 11) is 3.19. The molecule has 3 heterocycles. The van der Waals surface area contributed by atoms with Crippen LogP contribution in [0.3, 0.4) is 0 Å². The van der Waals surface area contributed by atoms with Crippen LogP contribution in [-0.4, -0.2) is 57.2 Å². The van der Waals surface area contributed by atoms with Gasteiger partial charge in [0.2, 0.25) is 0 Å². The van der Waals surface area contributed by atoms with Crippen LogP contribution >= 0.6 is 0 Å². The lowest BCUT2D eigenvalue weighted by Gasteiger charge is -2.37. The summed E-state index contributed by atoms with van der Waals surface area (Å²) in [5, 5.41) is 11.3. The standard InChI is InChI=1S/C43H38N4O9/c1-27-24-46(41(51)44-39(27)49)33-11-7-8-28(22-33)12-13-29-25-47(42(52)45-40(29)50)38-23-36(48)37(56-38)26-55-43(30-9-5-4-6-10-30,31-14-18-34(53-2)19-15-31)32-16-20-35(54-3)21-17-32/h4-11,14-22,24-25,36-38,48H,23,26H2,1-3H3,(H,44,49,51)(H,45,50,52)/t36-,37+,38+/m0/s1. The van der Waals surface area contributed by atoms with Crippen LogP contribution in [0.15, 0.2) is 135 Å². The molecule has 56 heavy (non-hydrogen) atoms. The summed E-state index contributed by atoms with van der Waals surface area (Å²) < 4.78 is 26.6. The van der Waals surface area contributed by atoms with Crippen molar-refractivity contribution in [1.82, 2.24) is 19.1 Å². The molecular weight excluding hydrogens is 716 g/mol. The Morgan fingerprint density at radius 2 is 1.39 bits per heavy atom.